The summed E-state index contributed by atoms with van der Waals surface area (Å²) in [4.78, 5) is 8.39. The van der Waals surface area contributed by atoms with Crippen LogP contribution in [0.15, 0.2) is 36.7 Å². The largest absolute Gasteiger partial charge is 0.492 e. The van der Waals surface area contributed by atoms with Crippen molar-refractivity contribution in [3.8, 4) is 5.75 Å². The second-order valence-corrected chi connectivity index (χ2v) is 3.78. The third kappa shape index (κ3) is 3.18. The summed E-state index contributed by atoms with van der Waals surface area (Å²) in [6, 6.07) is 7.65. The van der Waals surface area contributed by atoms with Gasteiger partial charge in [0.15, 0.2) is 5.82 Å². The highest BCUT2D eigenvalue weighted by Crippen LogP contribution is 2.19. The van der Waals surface area contributed by atoms with Gasteiger partial charge in [0.25, 0.3) is 0 Å². The number of aryl methyl sites for hydroxylation is 1. The minimum atomic E-state index is 0.513. The van der Waals surface area contributed by atoms with Crippen LogP contribution < -0.4 is 15.8 Å². The molecule has 2 rings (SSSR count). The summed E-state index contributed by atoms with van der Waals surface area (Å²) in [7, 11) is 0. The number of ether oxygens (including phenoxy) is 1. The lowest BCUT2D eigenvalue weighted by atomic mass is 10.3. The van der Waals surface area contributed by atoms with Crippen LogP contribution in [0.4, 0.5) is 11.5 Å². The molecule has 5 nitrogen and oxygen atoms in total. The quantitative estimate of drug-likeness (QED) is 0.840. The first kappa shape index (κ1) is 12.3. The molecule has 5 heteroatoms. The second-order valence-electron chi connectivity index (χ2n) is 3.78. The van der Waals surface area contributed by atoms with Crippen molar-refractivity contribution in [2.24, 2.45) is 5.73 Å². The van der Waals surface area contributed by atoms with Gasteiger partial charge in [-0.2, -0.15) is 0 Å². The predicted molar refractivity (Wildman–Crippen MR) is 71.0 cm³/mol. The first-order valence-corrected chi connectivity index (χ1v) is 5.77. The number of nitrogens with zero attached hydrogens (tertiary/aromatic N) is 2. The molecule has 2 aromatic rings. The summed E-state index contributed by atoms with van der Waals surface area (Å²) in [5.74, 6) is 1.56. The molecule has 0 aliphatic carbocycles. The Hall–Kier alpha value is -2.14. The summed E-state index contributed by atoms with van der Waals surface area (Å²) in [5, 5.41) is 3.20. The summed E-state index contributed by atoms with van der Waals surface area (Å²) < 4.78 is 5.40. The van der Waals surface area contributed by atoms with Crippen molar-refractivity contribution >= 4 is 11.5 Å². The van der Waals surface area contributed by atoms with Crippen molar-refractivity contribution in [2.75, 3.05) is 18.5 Å². The van der Waals surface area contributed by atoms with Crippen LogP contribution in [0.3, 0.4) is 0 Å². The number of rotatable bonds is 5. The van der Waals surface area contributed by atoms with Gasteiger partial charge < -0.3 is 15.8 Å². The Morgan fingerprint density at radius 3 is 2.56 bits per heavy atom. The zero-order valence-electron chi connectivity index (χ0n) is 10.3. The van der Waals surface area contributed by atoms with Crippen LogP contribution >= 0.6 is 0 Å². The molecule has 0 saturated heterocycles. The van der Waals surface area contributed by atoms with Gasteiger partial charge in [0.2, 0.25) is 0 Å². The molecule has 18 heavy (non-hydrogen) atoms. The number of benzene rings is 1. The van der Waals surface area contributed by atoms with E-state index in [0.29, 0.717) is 13.2 Å². The van der Waals surface area contributed by atoms with Gasteiger partial charge in [0.1, 0.15) is 12.4 Å². The highest BCUT2D eigenvalue weighted by atomic mass is 16.5. The van der Waals surface area contributed by atoms with Gasteiger partial charge in [0.05, 0.1) is 5.69 Å². The number of aromatic nitrogens is 2. The third-order valence-electron chi connectivity index (χ3n) is 2.38. The topological polar surface area (TPSA) is 73.1 Å². The van der Waals surface area contributed by atoms with Crippen LogP contribution in [-0.4, -0.2) is 23.1 Å². The van der Waals surface area contributed by atoms with Crippen LogP contribution in [0.25, 0.3) is 0 Å². The van der Waals surface area contributed by atoms with Gasteiger partial charge in [-0.05, 0) is 31.2 Å². The molecule has 0 saturated carbocycles. The molecule has 94 valence electrons. The van der Waals surface area contributed by atoms with Crippen molar-refractivity contribution in [2.45, 2.75) is 6.92 Å². The lowest BCUT2D eigenvalue weighted by Crippen LogP contribution is -2.10. The predicted octanol–water partition coefficient (Wildman–Crippen LogP) is 1.87. The third-order valence-corrected chi connectivity index (χ3v) is 2.38. The highest BCUT2D eigenvalue weighted by Gasteiger charge is 2.00. The molecule has 0 atom stereocenters. The number of nitrogens with two attached hydrogens (primary N) is 1. The molecular weight excluding hydrogens is 228 g/mol. The number of nitrogens with one attached hydrogen (secondary N) is 1. The Kier molecular flexibility index (Phi) is 4.09. The van der Waals surface area contributed by atoms with Crippen molar-refractivity contribution in [3.05, 3.63) is 42.4 Å². The molecule has 0 unspecified atom stereocenters. The van der Waals surface area contributed by atoms with E-state index < -0.39 is 0 Å². The van der Waals surface area contributed by atoms with Crippen LogP contribution in [0.1, 0.15) is 5.69 Å². The maximum atomic E-state index is 5.40. The summed E-state index contributed by atoms with van der Waals surface area (Å²) >= 11 is 0. The van der Waals surface area contributed by atoms with E-state index in [2.05, 4.69) is 15.3 Å². The molecule has 0 amide bonds. The van der Waals surface area contributed by atoms with E-state index in [1.165, 1.54) is 0 Å². The Balaban J connectivity index is 2.04. The molecule has 3 N–H and O–H groups in total. The Morgan fingerprint density at radius 2 is 1.89 bits per heavy atom. The Bertz CT molecular complexity index is 499. The molecule has 0 radical (unpaired) electrons. The summed E-state index contributed by atoms with van der Waals surface area (Å²) in [5.41, 5.74) is 7.18. The minimum absolute atomic E-state index is 0.513. The molecule has 0 aliphatic rings. The number of hydrogen-bond donors (Lipinski definition) is 2. The second kappa shape index (κ2) is 5.97. The van der Waals surface area contributed by atoms with Crippen molar-refractivity contribution in [1.29, 1.82) is 0 Å². The van der Waals surface area contributed by atoms with Gasteiger partial charge in [-0.3, -0.25) is 4.98 Å². The first-order chi connectivity index (χ1) is 8.79. The molecule has 0 bridgehead atoms. The lowest BCUT2D eigenvalue weighted by molar-refractivity contribution is 0.328. The molecule has 1 heterocycles. The van der Waals surface area contributed by atoms with Crippen molar-refractivity contribution in [1.82, 2.24) is 9.97 Å². The van der Waals surface area contributed by atoms with E-state index in [4.69, 9.17) is 10.5 Å². The number of anilines is 2. The average Bonchev–Trinajstić information content (AvgIpc) is 2.41. The van der Waals surface area contributed by atoms with Crippen molar-refractivity contribution in [3.63, 3.8) is 0 Å². The monoisotopic (exact) mass is 244 g/mol. The van der Waals surface area contributed by atoms with Gasteiger partial charge in [0, 0.05) is 24.6 Å². The fraction of sp³-hybridized carbons (Fsp3) is 0.231. The van der Waals surface area contributed by atoms with E-state index in [0.717, 1.165) is 22.9 Å². The van der Waals surface area contributed by atoms with E-state index in [9.17, 15) is 0 Å². The SMILES string of the molecule is Cc1nccnc1Nc1ccc(OCCN)cc1. The normalized spacial score (nSPS) is 10.1. The number of hydrogen-bond acceptors (Lipinski definition) is 5. The minimum Gasteiger partial charge on any atom is -0.492 e. The Morgan fingerprint density at radius 1 is 1.17 bits per heavy atom. The molecule has 1 aromatic carbocycles. The van der Waals surface area contributed by atoms with Crippen LogP contribution in [0.5, 0.6) is 5.75 Å². The van der Waals surface area contributed by atoms with Gasteiger partial charge in [-0.15, -0.1) is 0 Å². The van der Waals surface area contributed by atoms with E-state index in [1.54, 1.807) is 12.4 Å². The van der Waals surface area contributed by atoms with Crippen LogP contribution in [0, 0.1) is 6.92 Å². The molecule has 1 aromatic heterocycles. The molecule has 0 aliphatic heterocycles. The van der Waals surface area contributed by atoms with E-state index in [1.807, 2.05) is 31.2 Å². The molecule has 0 fully saturated rings. The smallest absolute Gasteiger partial charge is 0.151 e. The van der Waals surface area contributed by atoms with Crippen LogP contribution in [-0.2, 0) is 0 Å². The molecular formula is C13H16N4O. The van der Waals surface area contributed by atoms with E-state index >= 15 is 0 Å². The standard InChI is InChI=1S/C13H16N4O/c1-10-13(16-8-7-15-10)17-11-2-4-12(5-3-11)18-9-6-14/h2-5,7-8H,6,9,14H2,1H3,(H,16,17). The fourth-order valence-corrected chi connectivity index (χ4v) is 1.48. The van der Waals surface area contributed by atoms with Gasteiger partial charge in [-0.1, -0.05) is 0 Å². The van der Waals surface area contributed by atoms with Gasteiger partial charge in [-0.25, -0.2) is 4.98 Å². The van der Waals surface area contributed by atoms with E-state index in [-0.39, 0.29) is 0 Å². The molecule has 0 spiro atoms. The van der Waals surface area contributed by atoms with Crippen molar-refractivity contribution < 1.29 is 4.74 Å². The average molecular weight is 244 g/mol. The van der Waals surface area contributed by atoms with Crippen LogP contribution in [0.2, 0.25) is 0 Å². The summed E-state index contributed by atoms with van der Waals surface area (Å²) in [6.45, 7) is 2.95. The summed E-state index contributed by atoms with van der Waals surface area (Å²) in [6.07, 6.45) is 3.33. The highest BCUT2D eigenvalue weighted by molar-refractivity contribution is 5.58. The maximum Gasteiger partial charge on any atom is 0.151 e. The van der Waals surface area contributed by atoms with Gasteiger partial charge >= 0.3 is 0 Å². The zero-order valence-corrected chi connectivity index (χ0v) is 10.3. The zero-order chi connectivity index (χ0) is 12.8. The first-order valence-electron chi connectivity index (χ1n) is 5.77. The Labute approximate surface area is 106 Å². The lowest BCUT2D eigenvalue weighted by Gasteiger charge is -2.08. The fourth-order valence-electron chi connectivity index (χ4n) is 1.48. The maximum absolute atomic E-state index is 5.40.